The monoisotopic (exact) mass is 390 g/mol. The second kappa shape index (κ2) is 6.87. The number of hydrogen-bond donors (Lipinski definition) is 3. The normalized spacial score (nSPS) is 21.4. The number of hydrogen-bond acceptors (Lipinski definition) is 6. The third-order valence-electron chi connectivity index (χ3n) is 5.16. The van der Waals surface area contributed by atoms with E-state index < -0.39 is 4.92 Å². The Balaban J connectivity index is 1.78. The van der Waals surface area contributed by atoms with Gasteiger partial charge in [-0.1, -0.05) is 11.3 Å². The number of nitrogens with zero attached hydrogens (tertiary/aromatic N) is 4. The number of nitrogens with one attached hydrogen (secondary N) is 2. The molecule has 1 aromatic carbocycles. The van der Waals surface area contributed by atoms with Gasteiger partial charge in [-0.3, -0.25) is 10.1 Å². The number of rotatable bonds is 4. The highest BCUT2D eigenvalue weighted by Gasteiger charge is 2.35. The number of benzene rings is 1. The average Bonchev–Trinajstić information content (AvgIpc) is 3.15. The van der Waals surface area contributed by atoms with Gasteiger partial charge in [0.15, 0.2) is 6.04 Å². The number of non-ortho nitro benzene ring substituents is 1. The maximum absolute atomic E-state index is 11.0. The molecule has 1 atom stereocenters. The number of aromatic hydroxyl groups is 1. The molecule has 0 spiro atoms. The van der Waals surface area contributed by atoms with Gasteiger partial charge in [-0.15, -0.1) is 5.10 Å². The van der Waals surface area contributed by atoms with Gasteiger partial charge in [-0.25, -0.2) is 4.98 Å². The maximum atomic E-state index is 11.0. The number of nitro benzene ring substituents is 1. The van der Waals surface area contributed by atoms with Crippen molar-refractivity contribution in [2.75, 3.05) is 33.2 Å². The molecule has 3 aromatic rings. The topological polar surface area (TPSA) is 102 Å². The van der Waals surface area contributed by atoms with Gasteiger partial charge in [0.2, 0.25) is 10.8 Å². The van der Waals surface area contributed by atoms with Crippen LogP contribution in [0.4, 0.5) is 5.69 Å². The van der Waals surface area contributed by atoms with Crippen molar-refractivity contribution in [2.24, 2.45) is 0 Å². The van der Waals surface area contributed by atoms with E-state index in [2.05, 4.69) is 17.1 Å². The molecule has 3 N–H and O–H groups in total. The molecule has 142 valence electrons. The van der Waals surface area contributed by atoms with E-state index in [0.29, 0.717) is 10.8 Å². The minimum absolute atomic E-state index is 0.0674. The van der Waals surface area contributed by atoms with Crippen molar-refractivity contribution >= 4 is 22.0 Å². The van der Waals surface area contributed by atoms with E-state index in [9.17, 15) is 15.2 Å². The van der Waals surface area contributed by atoms with Crippen molar-refractivity contribution in [1.29, 1.82) is 0 Å². The highest BCUT2D eigenvalue weighted by atomic mass is 32.1. The zero-order valence-corrected chi connectivity index (χ0v) is 16.0. The fourth-order valence-electron chi connectivity index (χ4n) is 3.68. The molecular weight excluding hydrogens is 368 g/mol. The molecule has 0 saturated carbocycles. The van der Waals surface area contributed by atoms with Gasteiger partial charge in [0.1, 0.15) is 36.9 Å². The van der Waals surface area contributed by atoms with Gasteiger partial charge in [0, 0.05) is 17.7 Å². The Morgan fingerprint density at radius 2 is 1.93 bits per heavy atom. The van der Waals surface area contributed by atoms with Crippen LogP contribution in [0.3, 0.4) is 0 Å². The van der Waals surface area contributed by atoms with Crippen LogP contribution >= 0.6 is 11.3 Å². The summed E-state index contributed by atoms with van der Waals surface area (Å²) in [7, 11) is 2.18. The van der Waals surface area contributed by atoms with E-state index in [1.807, 2.05) is 0 Å². The third-order valence-corrected chi connectivity index (χ3v) is 6.24. The molecule has 0 unspecified atom stereocenters. The lowest BCUT2D eigenvalue weighted by molar-refractivity contribution is -1.02. The fourth-order valence-corrected chi connectivity index (χ4v) is 4.87. The number of nitro groups is 1. The van der Waals surface area contributed by atoms with Crippen molar-refractivity contribution in [3.05, 3.63) is 50.6 Å². The minimum Gasteiger partial charge on any atom is -0.492 e. The smallest absolute Gasteiger partial charge is 0.269 e. The summed E-state index contributed by atoms with van der Waals surface area (Å²) in [6.07, 6.45) is 0. The van der Waals surface area contributed by atoms with Crippen molar-refractivity contribution in [3.63, 3.8) is 0 Å². The zero-order valence-electron chi connectivity index (χ0n) is 15.2. The molecule has 3 heterocycles. The quantitative estimate of drug-likeness (QED) is 0.401. The van der Waals surface area contributed by atoms with Gasteiger partial charge in [0.25, 0.3) is 5.69 Å². The first-order chi connectivity index (χ1) is 12.9. The number of likely N-dealkylation sites (N-methyl/N-ethyl adjacent to an activating group) is 1. The van der Waals surface area contributed by atoms with E-state index in [-0.39, 0.29) is 17.6 Å². The summed E-state index contributed by atoms with van der Waals surface area (Å²) in [6.45, 7) is 5.79. The van der Waals surface area contributed by atoms with E-state index in [0.717, 1.165) is 36.6 Å². The Bertz CT molecular complexity index is 975. The molecule has 10 heteroatoms. The highest BCUT2D eigenvalue weighted by Crippen LogP contribution is 2.35. The molecule has 1 aliphatic rings. The predicted molar refractivity (Wildman–Crippen MR) is 99.5 cm³/mol. The maximum Gasteiger partial charge on any atom is 0.269 e. The van der Waals surface area contributed by atoms with Crippen LogP contribution in [0.5, 0.6) is 5.88 Å². The molecule has 1 aliphatic heterocycles. The first-order valence-electron chi connectivity index (χ1n) is 8.89. The number of piperazine rings is 1. The third kappa shape index (κ3) is 3.27. The number of fused-ring (bicyclic) bond motifs is 1. The van der Waals surface area contributed by atoms with Gasteiger partial charge in [-0.2, -0.15) is 4.52 Å². The Kier molecular flexibility index (Phi) is 4.54. The summed E-state index contributed by atoms with van der Waals surface area (Å²) in [5, 5.41) is 26.1. The van der Waals surface area contributed by atoms with Crippen LogP contribution in [0, 0.1) is 17.0 Å². The SMILES string of the molecule is Cc1nc2sc([C@H](c3ccc([N+](=O)[O-])cc3)[NH+]3CC[NH+](C)CC3)c(O)n2n1. The first-order valence-corrected chi connectivity index (χ1v) is 9.71. The number of quaternary nitrogens is 2. The molecule has 1 saturated heterocycles. The van der Waals surface area contributed by atoms with Crippen molar-refractivity contribution < 1.29 is 19.8 Å². The molecule has 9 nitrogen and oxygen atoms in total. The first kappa shape index (κ1) is 17.8. The largest absolute Gasteiger partial charge is 0.492 e. The number of thiazole rings is 1. The summed E-state index contributed by atoms with van der Waals surface area (Å²) < 4.78 is 1.48. The van der Waals surface area contributed by atoms with Crippen molar-refractivity contribution in [2.45, 2.75) is 13.0 Å². The Hall–Kier alpha value is -2.56. The van der Waals surface area contributed by atoms with Crippen LogP contribution in [0.15, 0.2) is 24.3 Å². The summed E-state index contributed by atoms with van der Waals surface area (Å²) in [5.41, 5.74) is 1.02. The van der Waals surface area contributed by atoms with Crippen LogP contribution in [0.1, 0.15) is 22.3 Å². The Morgan fingerprint density at radius 1 is 1.26 bits per heavy atom. The summed E-state index contributed by atoms with van der Waals surface area (Å²) in [6, 6.07) is 6.54. The molecule has 0 aliphatic carbocycles. The minimum atomic E-state index is -0.395. The van der Waals surface area contributed by atoms with E-state index in [1.165, 1.54) is 37.8 Å². The van der Waals surface area contributed by atoms with Gasteiger partial charge in [-0.05, 0) is 19.1 Å². The van der Waals surface area contributed by atoms with Crippen LogP contribution in [-0.2, 0) is 0 Å². The molecule has 0 amide bonds. The van der Waals surface area contributed by atoms with E-state index in [1.54, 1.807) is 19.1 Å². The summed E-state index contributed by atoms with van der Waals surface area (Å²) >= 11 is 1.43. The average molecular weight is 390 g/mol. The second-order valence-electron chi connectivity index (χ2n) is 7.04. The fraction of sp³-hybridized carbons (Fsp3) is 0.412. The molecule has 0 radical (unpaired) electrons. The van der Waals surface area contributed by atoms with Crippen LogP contribution in [0.25, 0.3) is 4.96 Å². The highest BCUT2D eigenvalue weighted by molar-refractivity contribution is 7.17. The van der Waals surface area contributed by atoms with Gasteiger partial charge < -0.3 is 14.9 Å². The lowest BCUT2D eigenvalue weighted by atomic mass is 10.0. The summed E-state index contributed by atoms with van der Waals surface area (Å²) in [4.78, 5) is 19.3. The standard InChI is InChI=1S/C17H20N6O3S/c1-11-18-17-22(19-11)16(24)15(27-17)14(21-9-7-20(2)8-10-21)12-3-5-13(6-4-12)23(25)26/h3-6,14,24H,7-10H2,1-2H3/p+2/t14-/m0/s1. The van der Waals surface area contributed by atoms with E-state index >= 15 is 0 Å². The molecule has 27 heavy (non-hydrogen) atoms. The van der Waals surface area contributed by atoms with E-state index in [4.69, 9.17) is 0 Å². The van der Waals surface area contributed by atoms with Crippen LogP contribution in [-0.4, -0.2) is 57.9 Å². The molecule has 4 rings (SSSR count). The summed E-state index contributed by atoms with van der Waals surface area (Å²) in [5.74, 6) is 0.725. The van der Waals surface area contributed by atoms with Gasteiger partial charge >= 0.3 is 0 Å². The lowest BCUT2D eigenvalue weighted by Gasteiger charge is -2.33. The Morgan fingerprint density at radius 3 is 2.52 bits per heavy atom. The van der Waals surface area contributed by atoms with Crippen LogP contribution in [0.2, 0.25) is 0 Å². The van der Waals surface area contributed by atoms with Crippen molar-refractivity contribution in [1.82, 2.24) is 14.6 Å². The zero-order chi connectivity index (χ0) is 19.1. The number of aromatic nitrogens is 3. The van der Waals surface area contributed by atoms with Gasteiger partial charge in [0.05, 0.1) is 12.0 Å². The number of aryl methyl sites for hydroxylation is 1. The lowest BCUT2D eigenvalue weighted by Crippen LogP contribution is -3.27. The molecular formula is C17H22N6O3S+2. The molecule has 2 aromatic heterocycles. The van der Waals surface area contributed by atoms with Crippen LogP contribution < -0.4 is 9.80 Å². The molecule has 0 bridgehead atoms. The second-order valence-corrected chi connectivity index (χ2v) is 8.05. The Labute approximate surface area is 159 Å². The van der Waals surface area contributed by atoms with Crippen molar-refractivity contribution in [3.8, 4) is 5.88 Å². The predicted octanol–water partition coefficient (Wildman–Crippen LogP) is -0.784. The molecule has 1 fully saturated rings.